The van der Waals surface area contributed by atoms with Crippen molar-refractivity contribution < 1.29 is 9.69 Å². The molecule has 0 aliphatic heterocycles. The van der Waals surface area contributed by atoms with E-state index in [9.17, 15) is 4.79 Å². The minimum Gasteiger partial charge on any atom is -0.344 e. The zero-order valence-corrected chi connectivity index (χ0v) is 19.5. The van der Waals surface area contributed by atoms with Crippen LogP contribution in [0.15, 0.2) is 6.33 Å². The van der Waals surface area contributed by atoms with Crippen LogP contribution in [0.2, 0.25) is 0 Å². The summed E-state index contributed by atoms with van der Waals surface area (Å²) in [6.45, 7) is 15.0. The summed E-state index contributed by atoms with van der Waals surface area (Å²) in [5.41, 5.74) is 2.42. The normalized spacial score (nSPS) is 17.1. The Bertz CT molecular complexity index is 1060. The van der Waals surface area contributed by atoms with Gasteiger partial charge in [-0.25, -0.2) is 14.5 Å². The summed E-state index contributed by atoms with van der Waals surface area (Å²) in [6.07, 6.45) is 5.00. The number of fused-ring (bicyclic) bond motifs is 5. The van der Waals surface area contributed by atoms with Crippen LogP contribution >= 0.6 is 11.3 Å². The van der Waals surface area contributed by atoms with Gasteiger partial charge < -0.3 is 10.2 Å². The lowest BCUT2D eigenvalue weighted by atomic mass is 9.72. The van der Waals surface area contributed by atoms with Gasteiger partial charge in [0.25, 0.3) is 5.91 Å². The minimum atomic E-state index is -0.213. The van der Waals surface area contributed by atoms with Crippen LogP contribution in [0.1, 0.15) is 62.1 Å². The van der Waals surface area contributed by atoms with E-state index >= 15 is 0 Å². The third kappa shape index (κ3) is 3.95. The second kappa shape index (κ2) is 8.23. The van der Waals surface area contributed by atoms with Gasteiger partial charge in [-0.1, -0.05) is 20.8 Å². The summed E-state index contributed by atoms with van der Waals surface area (Å²) in [4.78, 5) is 25.8. The number of rotatable bonds is 6. The molecule has 0 spiro atoms. The number of aromatic nitrogens is 4. The van der Waals surface area contributed by atoms with Crippen molar-refractivity contribution in [3.63, 3.8) is 0 Å². The molecule has 1 atom stereocenters. The summed E-state index contributed by atoms with van der Waals surface area (Å²) in [6, 6.07) is 0. The van der Waals surface area contributed by atoms with E-state index in [0.717, 1.165) is 48.3 Å². The van der Waals surface area contributed by atoms with E-state index in [4.69, 9.17) is 0 Å². The first-order chi connectivity index (χ1) is 14.3. The van der Waals surface area contributed by atoms with Crippen molar-refractivity contribution in [1.82, 2.24) is 24.9 Å². The Labute approximate surface area is 181 Å². The van der Waals surface area contributed by atoms with Crippen molar-refractivity contribution in [2.45, 2.75) is 53.9 Å². The van der Waals surface area contributed by atoms with E-state index in [-0.39, 0.29) is 11.7 Å². The number of nitrogens with zero attached hydrogens (tertiary/aromatic N) is 4. The lowest BCUT2D eigenvalue weighted by Gasteiger charge is -2.33. The Balaban J connectivity index is 1.60. The SMILES string of the molecule is CC[NH+](CC)CCNC(=O)c1nc2c3c4c(sc3ncn2n1)C[C@H](C(C)(C)C)CC4. The van der Waals surface area contributed by atoms with Gasteiger partial charge in [0.1, 0.15) is 11.2 Å². The highest BCUT2D eigenvalue weighted by atomic mass is 32.1. The van der Waals surface area contributed by atoms with Gasteiger partial charge in [-0.3, -0.25) is 4.79 Å². The second-order valence-electron chi connectivity index (χ2n) is 9.40. The van der Waals surface area contributed by atoms with Crippen LogP contribution in [-0.4, -0.2) is 51.7 Å². The fourth-order valence-corrected chi connectivity index (χ4v) is 5.71. The van der Waals surface area contributed by atoms with Crippen molar-refractivity contribution in [2.75, 3.05) is 26.2 Å². The Hall–Kier alpha value is -2.06. The molecular formula is C22H33N6OS+. The summed E-state index contributed by atoms with van der Waals surface area (Å²) >= 11 is 1.78. The smallest absolute Gasteiger partial charge is 0.291 e. The fraction of sp³-hybridized carbons (Fsp3) is 0.636. The van der Waals surface area contributed by atoms with Crippen LogP contribution in [0, 0.1) is 11.3 Å². The molecule has 0 saturated carbocycles. The van der Waals surface area contributed by atoms with Gasteiger partial charge in [0.2, 0.25) is 5.82 Å². The van der Waals surface area contributed by atoms with E-state index in [1.54, 1.807) is 22.2 Å². The molecule has 7 nitrogen and oxygen atoms in total. The molecule has 4 rings (SSSR count). The van der Waals surface area contributed by atoms with Gasteiger partial charge in [-0.05, 0) is 50.0 Å². The van der Waals surface area contributed by atoms with Gasteiger partial charge in [0.05, 0.1) is 31.6 Å². The van der Waals surface area contributed by atoms with Crippen molar-refractivity contribution in [3.05, 3.63) is 22.6 Å². The predicted octanol–water partition coefficient (Wildman–Crippen LogP) is 2.14. The van der Waals surface area contributed by atoms with E-state index in [0.29, 0.717) is 17.9 Å². The Kier molecular flexibility index (Phi) is 5.81. The van der Waals surface area contributed by atoms with Crippen molar-refractivity contribution >= 4 is 33.1 Å². The number of aryl methyl sites for hydroxylation is 1. The largest absolute Gasteiger partial charge is 0.344 e. The molecule has 0 unspecified atom stereocenters. The molecule has 0 saturated heterocycles. The molecule has 3 aromatic heterocycles. The van der Waals surface area contributed by atoms with Gasteiger partial charge in [-0.15, -0.1) is 16.4 Å². The molecule has 0 fully saturated rings. The Morgan fingerprint density at radius 1 is 1.33 bits per heavy atom. The molecule has 3 heterocycles. The first-order valence-electron chi connectivity index (χ1n) is 11.1. The number of carbonyl (C=O) groups is 1. The number of quaternary nitrogens is 1. The topological polar surface area (TPSA) is 76.6 Å². The molecule has 1 amide bonds. The third-order valence-electron chi connectivity index (χ3n) is 6.58. The Morgan fingerprint density at radius 3 is 2.80 bits per heavy atom. The third-order valence-corrected chi connectivity index (χ3v) is 7.74. The van der Waals surface area contributed by atoms with E-state index < -0.39 is 0 Å². The van der Waals surface area contributed by atoms with Crippen LogP contribution in [-0.2, 0) is 12.8 Å². The maximum Gasteiger partial charge on any atom is 0.291 e. The monoisotopic (exact) mass is 429 g/mol. The number of likely N-dealkylation sites (N-methyl/N-ethyl adjacent to an activating group) is 1. The van der Waals surface area contributed by atoms with Crippen LogP contribution in [0.5, 0.6) is 0 Å². The number of nitrogens with one attached hydrogen (secondary N) is 2. The van der Waals surface area contributed by atoms with Gasteiger partial charge in [0, 0.05) is 4.88 Å². The maximum atomic E-state index is 12.6. The second-order valence-corrected chi connectivity index (χ2v) is 10.5. The highest BCUT2D eigenvalue weighted by Crippen LogP contribution is 2.43. The summed E-state index contributed by atoms with van der Waals surface area (Å²) in [7, 11) is 0. The van der Waals surface area contributed by atoms with E-state index in [1.807, 2.05) is 0 Å². The lowest BCUT2D eigenvalue weighted by Crippen LogP contribution is -3.12. The average Bonchev–Trinajstić information content (AvgIpc) is 3.30. The molecular weight excluding hydrogens is 396 g/mol. The fourth-order valence-electron chi connectivity index (χ4n) is 4.45. The highest BCUT2D eigenvalue weighted by molar-refractivity contribution is 7.19. The molecule has 8 heteroatoms. The zero-order chi connectivity index (χ0) is 21.5. The molecule has 1 aliphatic rings. The zero-order valence-electron chi connectivity index (χ0n) is 18.7. The molecule has 0 radical (unpaired) electrons. The standard InChI is InChI=1S/C22H32N6OS/c1-6-27(7-2)11-10-23-20(29)18-25-19-17-15-9-8-14(22(3,4)5)12-16(15)30-21(17)24-13-28(19)26-18/h13-14H,6-12H2,1-5H3,(H,23,29)/p+1/t14-/m1/s1. The lowest BCUT2D eigenvalue weighted by molar-refractivity contribution is -0.895. The quantitative estimate of drug-likeness (QED) is 0.630. The van der Waals surface area contributed by atoms with Gasteiger partial charge in [0.15, 0.2) is 5.65 Å². The summed E-state index contributed by atoms with van der Waals surface area (Å²) in [5, 5.41) is 8.47. The van der Waals surface area contributed by atoms with Crippen LogP contribution < -0.4 is 10.2 Å². The molecule has 3 aromatic rings. The molecule has 1 aliphatic carbocycles. The number of hydrogen-bond acceptors (Lipinski definition) is 5. The molecule has 2 N–H and O–H groups in total. The molecule has 30 heavy (non-hydrogen) atoms. The number of thiophene rings is 1. The molecule has 0 bridgehead atoms. The summed E-state index contributed by atoms with van der Waals surface area (Å²) in [5.74, 6) is 0.693. The van der Waals surface area contributed by atoms with Crippen LogP contribution in [0.4, 0.5) is 0 Å². The number of amides is 1. The minimum absolute atomic E-state index is 0.213. The van der Waals surface area contributed by atoms with Gasteiger partial charge >= 0.3 is 0 Å². The predicted molar refractivity (Wildman–Crippen MR) is 120 cm³/mol. The first kappa shape index (κ1) is 21.2. The number of carbonyl (C=O) groups excluding carboxylic acids is 1. The van der Waals surface area contributed by atoms with Crippen LogP contribution in [0.3, 0.4) is 0 Å². The van der Waals surface area contributed by atoms with E-state index in [2.05, 4.69) is 55.0 Å². The Morgan fingerprint density at radius 2 is 2.10 bits per heavy atom. The van der Waals surface area contributed by atoms with Crippen molar-refractivity contribution in [1.29, 1.82) is 0 Å². The highest BCUT2D eigenvalue weighted by Gasteiger charge is 2.32. The van der Waals surface area contributed by atoms with Crippen LogP contribution in [0.25, 0.3) is 15.9 Å². The number of hydrogen-bond donors (Lipinski definition) is 2. The summed E-state index contributed by atoms with van der Waals surface area (Å²) < 4.78 is 1.66. The van der Waals surface area contributed by atoms with Gasteiger partial charge in [-0.2, -0.15) is 0 Å². The van der Waals surface area contributed by atoms with Crippen molar-refractivity contribution in [3.8, 4) is 0 Å². The van der Waals surface area contributed by atoms with E-state index in [1.165, 1.54) is 21.8 Å². The molecule has 0 aromatic carbocycles. The maximum absolute atomic E-state index is 12.6. The first-order valence-corrected chi connectivity index (χ1v) is 11.9. The average molecular weight is 430 g/mol. The molecule has 162 valence electrons. The van der Waals surface area contributed by atoms with Crippen molar-refractivity contribution in [2.24, 2.45) is 11.3 Å².